The maximum absolute atomic E-state index is 12.9. The van der Waals surface area contributed by atoms with E-state index in [2.05, 4.69) is 5.32 Å². The van der Waals surface area contributed by atoms with Crippen molar-refractivity contribution in [1.82, 2.24) is 0 Å². The molecule has 1 amide bonds. The summed E-state index contributed by atoms with van der Waals surface area (Å²) >= 11 is 0. The second-order valence-electron chi connectivity index (χ2n) is 5.00. The summed E-state index contributed by atoms with van der Waals surface area (Å²) in [6.07, 6.45) is 1.00. The number of halogens is 1. The number of hydrogen-bond acceptors (Lipinski definition) is 4. The van der Waals surface area contributed by atoms with Crippen molar-refractivity contribution in [3.63, 3.8) is 0 Å². The highest BCUT2D eigenvalue weighted by Gasteiger charge is 2.23. The quantitative estimate of drug-likeness (QED) is 0.865. The smallest absolute Gasteiger partial charge is 0.245 e. The van der Waals surface area contributed by atoms with Crippen molar-refractivity contribution in [2.45, 2.75) is 0 Å². The first-order valence-electron chi connectivity index (χ1n) is 6.97. The molecule has 0 spiro atoms. The van der Waals surface area contributed by atoms with Crippen LogP contribution in [0.3, 0.4) is 0 Å². The predicted octanol–water partition coefficient (Wildman–Crippen LogP) is 2.24. The van der Waals surface area contributed by atoms with Crippen LogP contribution < -0.4 is 14.4 Å². The number of amides is 1. The van der Waals surface area contributed by atoms with Crippen LogP contribution in [-0.4, -0.2) is 34.2 Å². The number of para-hydroxylation sites is 2. The van der Waals surface area contributed by atoms with Gasteiger partial charge in [-0.2, -0.15) is 0 Å². The summed E-state index contributed by atoms with van der Waals surface area (Å²) < 4.78 is 43.1. The van der Waals surface area contributed by atoms with Gasteiger partial charge in [-0.3, -0.25) is 9.10 Å². The Morgan fingerprint density at radius 3 is 2.38 bits per heavy atom. The molecule has 0 aromatic heterocycles. The fourth-order valence-corrected chi connectivity index (χ4v) is 2.94. The zero-order valence-electron chi connectivity index (χ0n) is 13.2. The number of anilines is 2. The Bertz CT molecular complexity index is 822. The SMILES string of the molecule is COc1ccccc1N(CC(=O)Nc1ccc(F)cc1)S(C)(=O)=O. The van der Waals surface area contributed by atoms with Crippen LogP contribution >= 0.6 is 0 Å². The summed E-state index contributed by atoms with van der Waals surface area (Å²) in [5.41, 5.74) is 0.631. The van der Waals surface area contributed by atoms with Gasteiger partial charge in [-0.05, 0) is 36.4 Å². The highest BCUT2D eigenvalue weighted by molar-refractivity contribution is 7.92. The molecule has 24 heavy (non-hydrogen) atoms. The molecule has 0 atom stereocenters. The third kappa shape index (κ3) is 4.45. The molecule has 0 saturated carbocycles. The minimum Gasteiger partial charge on any atom is -0.495 e. The second-order valence-corrected chi connectivity index (χ2v) is 6.90. The number of carbonyl (C=O) groups is 1. The van der Waals surface area contributed by atoms with Crippen LogP contribution in [0.25, 0.3) is 0 Å². The van der Waals surface area contributed by atoms with Gasteiger partial charge < -0.3 is 10.1 Å². The lowest BCUT2D eigenvalue weighted by Gasteiger charge is -2.23. The number of nitrogens with zero attached hydrogens (tertiary/aromatic N) is 1. The van der Waals surface area contributed by atoms with Crippen LogP contribution in [0.2, 0.25) is 0 Å². The summed E-state index contributed by atoms with van der Waals surface area (Å²) in [6.45, 7) is -0.434. The van der Waals surface area contributed by atoms with Crippen molar-refractivity contribution < 1.29 is 22.3 Å². The van der Waals surface area contributed by atoms with Crippen LogP contribution in [0, 0.1) is 5.82 Å². The minimum absolute atomic E-state index is 0.261. The van der Waals surface area contributed by atoms with Crippen LogP contribution in [-0.2, 0) is 14.8 Å². The van der Waals surface area contributed by atoms with Gasteiger partial charge in [0, 0.05) is 5.69 Å². The Morgan fingerprint density at radius 2 is 1.79 bits per heavy atom. The van der Waals surface area contributed by atoms with Gasteiger partial charge in [0.25, 0.3) is 0 Å². The Hall–Kier alpha value is -2.61. The van der Waals surface area contributed by atoms with Gasteiger partial charge >= 0.3 is 0 Å². The average molecular weight is 352 g/mol. The Morgan fingerprint density at radius 1 is 1.17 bits per heavy atom. The normalized spacial score (nSPS) is 11.0. The van der Waals surface area contributed by atoms with Gasteiger partial charge in [0.05, 0.1) is 19.1 Å². The molecular formula is C16H17FN2O4S. The molecule has 0 aliphatic heterocycles. The maximum Gasteiger partial charge on any atom is 0.245 e. The molecule has 0 aliphatic rings. The lowest BCUT2D eigenvalue weighted by molar-refractivity contribution is -0.114. The highest BCUT2D eigenvalue weighted by atomic mass is 32.2. The van der Waals surface area contributed by atoms with Crippen molar-refractivity contribution >= 4 is 27.3 Å². The first-order valence-corrected chi connectivity index (χ1v) is 8.82. The number of methoxy groups -OCH3 is 1. The first-order chi connectivity index (χ1) is 11.3. The van der Waals surface area contributed by atoms with E-state index in [9.17, 15) is 17.6 Å². The summed E-state index contributed by atoms with van der Waals surface area (Å²) in [4.78, 5) is 12.2. The van der Waals surface area contributed by atoms with E-state index in [1.165, 1.54) is 31.4 Å². The summed E-state index contributed by atoms with van der Waals surface area (Å²) in [7, 11) is -2.30. The summed E-state index contributed by atoms with van der Waals surface area (Å²) in [5.74, 6) is -0.657. The molecule has 128 valence electrons. The van der Waals surface area contributed by atoms with Crippen LogP contribution in [0.5, 0.6) is 5.75 Å². The standard InChI is InChI=1S/C16H17FN2O4S/c1-23-15-6-4-3-5-14(15)19(24(2,21)22)11-16(20)18-13-9-7-12(17)8-10-13/h3-10H,11H2,1-2H3,(H,18,20). The summed E-state index contributed by atoms with van der Waals surface area (Å²) in [6, 6.07) is 11.7. The topological polar surface area (TPSA) is 75.7 Å². The van der Waals surface area contributed by atoms with Crippen molar-refractivity contribution in [3.05, 3.63) is 54.3 Å². The van der Waals surface area contributed by atoms with Gasteiger partial charge in [0.15, 0.2) is 0 Å². The van der Waals surface area contributed by atoms with Crippen molar-refractivity contribution in [1.29, 1.82) is 0 Å². The van der Waals surface area contributed by atoms with Gasteiger partial charge in [-0.1, -0.05) is 12.1 Å². The van der Waals surface area contributed by atoms with E-state index in [-0.39, 0.29) is 5.69 Å². The maximum atomic E-state index is 12.9. The monoisotopic (exact) mass is 352 g/mol. The van der Waals surface area contributed by atoms with Crippen LogP contribution in [0.15, 0.2) is 48.5 Å². The van der Waals surface area contributed by atoms with Gasteiger partial charge in [-0.15, -0.1) is 0 Å². The van der Waals surface area contributed by atoms with E-state index < -0.39 is 28.3 Å². The third-order valence-electron chi connectivity index (χ3n) is 3.17. The Balaban J connectivity index is 2.23. The lowest BCUT2D eigenvalue weighted by Crippen LogP contribution is -2.37. The average Bonchev–Trinajstić information content (AvgIpc) is 2.54. The largest absolute Gasteiger partial charge is 0.495 e. The molecule has 0 unspecified atom stereocenters. The van der Waals surface area contributed by atoms with Crippen molar-refractivity contribution in [2.75, 3.05) is 29.5 Å². The van der Waals surface area contributed by atoms with Gasteiger partial charge in [0.1, 0.15) is 18.1 Å². The molecule has 0 bridgehead atoms. The Kier molecular flexibility index (Phi) is 5.40. The Labute approximate surface area is 139 Å². The van der Waals surface area contributed by atoms with Gasteiger partial charge in [-0.25, -0.2) is 12.8 Å². The van der Waals surface area contributed by atoms with Crippen molar-refractivity contribution in [3.8, 4) is 5.75 Å². The number of nitrogens with one attached hydrogen (secondary N) is 1. The fourth-order valence-electron chi connectivity index (χ4n) is 2.08. The third-order valence-corrected chi connectivity index (χ3v) is 4.30. The van der Waals surface area contributed by atoms with Crippen molar-refractivity contribution in [2.24, 2.45) is 0 Å². The van der Waals surface area contributed by atoms with E-state index in [0.29, 0.717) is 11.4 Å². The van der Waals surface area contributed by atoms with E-state index in [4.69, 9.17) is 4.74 Å². The molecule has 6 nitrogen and oxygen atoms in total. The van der Waals surface area contributed by atoms with E-state index in [0.717, 1.165) is 10.6 Å². The zero-order chi connectivity index (χ0) is 17.7. The highest BCUT2D eigenvalue weighted by Crippen LogP contribution is 2.29. The molecule has 0 fully saturated rings. The molecule has 2 aromatic rings. The molecule has 8 heteroatoms. The van der Waals surface area contributed by atoms with Gasteiger partial charge in [0.2, 0.25) is 15.9 Å². The molecule has 2 aromatic carbocycles. The number of ether oxygens (including phenoxy) is 1. The molecule has 0 radical (unpaired) electrons. The minimum atomic E-state index is -3.71. The number of hydrogen-bond donors (Lipinski definition) is 1. The molecular weight excluding hydrogens is 335 g/mol. The van der Waals surface area contributed by atoms with E-state index in [1.54, 1.807) is 24.3 Å². The van der Waals surface area contributed by atoms with E-state index in [1.807, 2.05) is 0 Å². The first kappa shape index (κ1) is 17.7. The number of benzene rings is 2. The number of rotatable bonds is 6. The number of sulfonamides is 1. The zero-order valence-corrected chi connectivity index (χ0v) is 14.0. The second kappa shape index (κ2) is 7.31. The van der Waals surface area contributed by atoms with Crippen LogP contribution in [0.1, 0.15) is 0 Å². The van der Waals surface area contributed by atoms with Crippen LogP contribution in [0.4, 0.5) is 15.8 Å². The predicted molar refractivity (Wildman–Crippen MR) is 90.2 cm³/mol. The molecule has 0 aliphatic carbocycles. The molecule has 2 rings (SSSR count). The molecule has 1 N–H and O–H groups in total. The lowest BCUT2D eigenvalue weighted by atomic mass is 10.3. The number of carbonyl (C=O) groups excluding carboxylic acids is 1. The van der Waals surface area contributed by atoms with E-state index >= 15 is 0 Å². The molecule has 0 saturated heterocycles. The molecule has 0 heterocycles. The summed E-state index contributed by atoms with van der Waals surface area (Å²) in [5, 5.41) is 2.53. The fraction of sp³-hybridized carbons (Fsp3) is 0.188.